The molecule has 1 N–H and O–H groups in total. The van der Waals surface area contributed by atoms with E-state index in [0.29, 0.717) is 18.4 Å². The maximum Gasteiger partial charge on any atom is 0.224 e. The van der Waals surface area contributed by atoms with Crippen LogP contribution in [0, 0.1) is 0 Å². The van der Waals surface area contributed by atoms with Crippen LogP contribution in [-0.2, 0) is 4.79 Å². The Morgan fingerprint density at radius 1 is 1.33 bits per heavy atom. The minimum atomic E-state index is 0.0650. The normalized spacial score (nSPS) is 20.4. The molecule has 1 rings (SSSR count). The maximum absolute atomic E-state index is 12.4. The molecule has 18 heavy (non-hydrogen) atoms. The zero-order valence-corrected chi connectivity index (χ0v) is 12.6. The first-order chi connectivity index (χ1) is 8.54. The number of hydrogen-bond acceptors (Lipinski definition) is 2. The molecule has 106 valence electrons. The van der Waals surface area contributed by atoms with Crippen molar-refractivity contribution < 1.29 is 4.79 Å². The lowest BCUT2D eigenvalue weighted by atomic mass is 9.79. The van der Waals surface area contributed by atoms with E-state index in [1.165, 1.54) is 19.3 Å². The van der Waals surface area contributed by atoms with E-state index in [9.17, 15) is 4.79 Å². The highest BCUT2D eigenvalue weighted by molar-refractivity contribution is 5.77. The van der Waals surface area contributed by atoms with E-state index >= 15 is 0 Å². The topological polar surface area (TPSA) is 32.3 Å². The Morgan fingerprint density at radius 2 is 1.94 bits per heavy atom. The highest BCUT2D eigenvalue weighted by Gasteiger charge is 2.34. The van der Waals surface area contributed by atoms with E-state index in [1.807, 2.05) is 19.0 Å². The third-order valence-electron chi connectivity index (χ3n) is 4.59. The first-order valence-electron chi connectivity index (χ1n) is 7.49. The summed E-state index contributed by atoms with van der Waals surface area (Å²) >= 11 is 0. The SMILES string of the molecule is CCCC(C)N(C)C(=O)CC1(NC)CCCCC1. The third kappa shape index (κ3) is 3.98. The van der Waals surface area contributed by atoms with Gasteiger partial charge in [0.25, 0.3) is 0 Å². The molecule has 1 amide bonds. The van der Waals surface area contributed by atoms with Crippen LogP contribution in [0.15, 0.2) is 0 Å². The van der Waals surface area contributed by atoms with Gasteiger partial charge in [0.2, 0.25) is 5.91 Å². The van der Waals surface area contributed by atoms with Gasteiger partial charge in [-0.1, -0.05) is 32.6 Å². The first-order valence-corrected chi connectivity index (χ1v) is 7.49. The van der Waals surface area contributed by atoms with Gasteiger partial charge in [-0.15, -0.1) is 0 Å². The van der Waals surface area contributed by atoms with E-state index in [0.717, 1.165) is 25.7 Å². The standard InChI is InChI=1S/C15H30N2O/c1-5-9-13(2)17(4)14(18)12-15(16-3)10-7-6-8-11-15/h13,16H,5-12H2,1-4H3. The fraction of sp³-hybridized carbons (Fsp3) is 0.933. The van der Waals surface area contributed by atoms with Crippen molar-refractivity contribution in [2.75, 3.05) is 14.1 Å². The molecule has 0 heterocycles. The largest absolute Gasteiger partial charge is 0.343 e. The Labute approximate surface area is 112 Å². The molecule has 1 fully saturated rings. The van der Waals surface area contributed by atoms with Crippen LogP contribution < -0.4 is 5.32 Å². The van der Waals surface area contributed by atoms with Gasteiger partial charge in [-0.2, -0.15) is 0 Å². The van der Waals surface area contributed by atoms with Gasteiger partial charge in [0.15, 0.2) is 0 Å². The lowest BCUT2D eigenvalue weighted by molar-refractivity contribution is -0.133. The van der Waals surface area contributed by atoms with Gasteiger partial charge in [0, 0.05) is 25.0 Å². The third-order valence-corrected chi connectivity index (χ3v) is 4.59. The number of hydrogen-bond donors (Lipinski definition) is 1. The summed E-state index contributed by atoms with van der Waals surface area (Å²) in [4.78, 5) is 14.3. The van der Waals surface area contributed by atoms with Gasteiger partial charge in [-0.25, -0.2) is 0 Å². The Bertz CT molecular complexity index is 259. The Balaban J connectivity index is 2.55. The maximum atomic E-state index is 12.4. The van der Waals surface area contributed by atoms with E-state index < -0.39 is 0 Å². The summed E-state index contributed by atoms with van der Waals surface area (Å²) in [6.07, 6.45) is 9.00. The molecular formula is C15H30N2O. The van der Waals surface area contributed by atoms with Gasteiger partial charge >= 0.3 is 0 Å². The van der Waals surface area contributed by atoms with E-state index in [4.69, 9.17) is 0 Å². The van der Waals surface area contributed by atoms with Crippen molar-refractivity contribution in [1.82, 2.24) is 10.2 Å². The predicted molar refractivity (Wildman–Crippen MR) is 76.6 cm³/mol. The summed E-state index contributed by atoms with van der Waals surface area (Å²) in [5.74, 6) is 0.298. The second kappa shape index (κ2) is 7.13. The van der Waals surface area contributed by atoms with Crippen LogP contribution >= 0.6 is 0 Å². The van der Waals surface area contributed by atoms with Gasteiger partial charge in [-0.3, -0.25) is 4.79 Å². The minimum Gasteiger partial charge on any atom is -0.343 e. The Hall–Kier alpha value is -0.570. The minimum absolute atomic E-state index is 0.0650. The Morgan fingerprint density at radius 3 is 2.44 bits per heavy atom. The molecule has 0 spiro atoms. The molecule has 1 unspecified atom stereocenters. The molecule has 0 saturated heterocycles. The summed E-state index contributed by atoms with van der Waals surface area (Å²) < 4.78 is 0. The number of carbonyl (C=O) groups excluding carboxylic acids is 1. The molecular weight excluding hydrogens is 224 g/mol. The van der Waals surface area contributed by atoms with Crippen molar-refractivity contribution in [3.8, 4) is 0 Å². The molecule has 0 radical (unpaired) electrons. The fourth-order valence-corrected chi connectivity index (χ4v) is 3.02. The van der Waals surface area contributed by atoms with Gasteiger partial charge in [0.1, 0.15) is 0 Å². The van der Waals surface area contributed by atoms with E-state index in [1.54, 1.807) is 0 Å². The average Bonchev–Trinajstić information content (AvgIpc) is 2.39. The number of nitrogens with zero attached hydrogens (tertiary/aromatic N) is 1. The quantitative estimate of drug-likeness (QED) is 0.790. The second-order valence-corrected chi connectivity index (χ2v) is 5.91. The van der Waals surface area contributed by atoms with Gasteiger partial charge < -0.3 is 10.2 Å². The molecule has 3 heteroatoms. The first kappa shape index (κ1) is 15.5. The average molecular weight is 254 g/mol. The van der Waals surface area contributed by atoms with Crippen LogP contribution in [0.25, 0.3) is 0 Å². The van der Waals surface area contributed by atoms with Crippen LogP contribution in [-0.4, -0.2) is 36.5 Å². The molecule has 3 nitrogen and oxygen atoms in total. The summed E-state index contributed by atoms with van der Waals surface area (Å²) in [5, 5.41) is 3.43. The zero-order valence-electron chi connectivity index (χ0n) is 12.6. The molecule has 0 aromatic rings. The van der Waals surface area contributed by atoms with Crippen molar-refractivity contribution in [3.05, 3.63) is 0 Å². The molecule has 0 aromatic carbocycles. The summed E-state index contributed by atoms with van der Waals surface area (Å²) in [7, 11) is 3.96. The summed E-state index contributed by atoms with van der Waals surface area (Å²) in [5.41, 5.74) is 0.0650. The van der Waals surface area contributed by atoms with Crippen molar-refractivity contribution in [2.24, 2.45) is 0 Å². The summed E-state index contributed by atoms with van der Waals surface area (Å²) in [6, 6.07) is 0.361. The smallest absolute Gasteiger partial charge is 0.224 e. The molecule has 0 aliphatic heterocycles. The lowest BCUT2D eigenvalue weighted by Crippen LogP contribution is -2.49. The van der Waals surface area contributed by atoms with Gasteiger partial charge in [0.05, 0.1) is 0 Å². The van der Waals surface area contributed by atoms with Crippen molar-refractivity contribution >= 4 is 5.91 Å². The molecule has 0 bridgehead atoms. The summed E-state index contributed by atoms with van der Waals surface area (Å²) in [6.45, 7) is 4.32. The van der Waals surface area contributed by atoms with Crippen LogP contribution in [0.1, 0.15) is 65.2 Å². The lowest BCUT2D eigenvalue weighted by Gasteiger charge is -2.38. The monoisotopic (exact) mass is 254 g/mol. The molecule has 1 aliphatic rings. The number of nitrogens with one attached hydrogen (secondary N) is 1. The number of carbonyl (C=O) groups is 1. The van der Waals surface area contributed by atoms with Gasteiger partial charge in [-0.05, 0) is 33.2 Å². The molecule has 1 aliphatic carbocycles. The highest BCUT2D eigenvalue weighted by atomic mass is 16.2. The second-order valence-electron chi connectivity index (χ2n) is 5.91. The highest BCUT2D eigenvalue weighted by Crippen LogP contribution is 2.31. The van der Waals surface area contributed by atoms with Crippen molar-refractivity contribution in [2.45, 2.75) is 76.8 Å². The van der Waals surface area contributed by atoms with Crippen LogP contribution in [0.2, 0.25) is 0 Å². The van der Waals surface area contributed by atoms with E-state index in [2.05, 4.69) is 19.2 Å². The zero-order chi connectivity index (χ0) is 13.6. The van der Waals surface area contributed by atoms with Crippen LogP contribution in [0.5, 0.6) is 0 Å². The molecule has 0 aromatic heterocycles. The Kier molecular flexibility index (Phi) is 6.13. The van der Waals surface area contributed by atoms with Crippen LogP contribution in [0.3, 0.4) is 0 Å². The fourth-order valence-electron chi connectivity index (χ4n) is 3.02. The van der Waals surface area contributed by atoms with Crippen molar-refractivity contribution in [1.29, 1.82) is 0 Å². The van der Waals surface area contributed by atoms with Crippen molar-refractivity contribution in [3.63, 3.8) is 0 Å². The van der Waals surface area contributed by atoms with Crippen LogP contribution in [0.4, 0.5) is 0 Å². The van der Waals surface area contributed by atoms with E-state index in [-0.39, 0.29) is 5.54 Å². The number of amides is 1. The molecule has 1 atom stereocenters. The number of rotatable bonds is 6. The molecule has 1 saturated carbocycles. The predicted octanol–water partition coefficient (Wildman–Crippen LogP) is 2.95.